The summed E-state index contributed by atoms with van der Waals surface area (Å²) in [5, 5.41) is 3.25. The van der Waals surface area contributed by atoms with Crippen molar-refractivity contribution in [2.75, 3.05) is 40.4 Å². The van der Waals surface area contributed by atoms with Crippen LogP contribution in [0.1, 0.15) is 36.2 Å². The highest BCUT2D eigenvalue weighted by Crippen LogP contribution is 2.29. The van der Waals surface area contributed by atoms with Crippen LogP contribution in [-0.4, -0.2) is 60.8 Å². The fraction of sp³-hybridized carbons (Fsp3) is 0.400. The van der Waals surface area contributed by atoms with Crippen LogP contribution in [0.4, 0.5) is 0 Å². The highest BCUT2D eigenvalue weighted by molar-refractivity contribution is 5.94. The van der Waals surface area contributed by atoms with Gasteiger partial charge in [0.2, 0.25) is 0 Å². The second-order valence-corrected chi connectivity index (χ2v) is 7.91. The van der Waals surface area contributed by atoms with Gasteiger partial charge in [-0.1, -0.05) is 26.0 Å². The molecule has 0 radical (unpaired) electrons. The highest BCUT2D eigenvalue weighted by Gasteiger charge is 2.13. The van der Waals surface area contributed by atoms with Crippen molar-refractivity contribution in [3.63, 3.8) is 0 Å². The number of nitrogens with zero attached hydrogens (tertiary/aromatic N) is 2. The van der Waals surface area contributed by atoms with Crippen LogP contribution < -0.4 is 26.0 Å². The van der Waals surface area contributed by atoms with E-state index in [1.807, 2.05) is 0 Å². The quantitative estimate of drug-likeness (QED) is 0.418. The van der Waals surface area contributed by atoms with Gasteiger partial charge in [-0.25, -0.2) is 4.79 Å². The summed E-state index contributed by atoms with van der Waals surface area (Å²) in [6.07, 6.45) is 0.885. The smallest absolute Gasteiger partial charge is 0.329 e. The zero-order valence-electron chi connectivity index (χ0n) is 20.1. The third-order valence-electron chi connectivity index (χ3n) is 5.87. The van der Waals surface area contributed by atoms with Gasteiger partial charge in [0.15, 0.2) is 11.5 Å². The standard InChI is InChI=1S/C25H32N4O5/c1-5-28(6-2)13-7-12-26-23(30)18-10-8-17(9-11-18)16-29-24(31)19-14-21(33-3)22(34-4)15-20(19)27-25(29)32/h8-11,14-15H,5-7,12-13,16H2,1-4H3,(H,26,30)(H,27,32). The van der Waals surface area contributed by atoms with Gasteiger partial charge in [0.1, 0.15) is 0 Å². The molecule has 34 heavy (non-hydrogen) atoms. The van der Waals surface area contributed by atoms with Crippen LogP contribution in [0.15, 0.2) is 46.0 Å². The minimum Gasteiger partial charge on any atom is -0.493 e. The van der Waals surface area contributed by atoms with Gasteiger partial charge in [-0.2, -0.15) is 0 Å². The van der Waals surface area contributed by atoms with Crippen molar-refractivity contribution in [3.8, 4) is 11.5 Å². The maximum atomic E-state index is 13.0. The monoisotopic (exact) mass is 468 g/mol. The Bertz CT molecular complexity index is 1240. The zero-order chi connectivity index (χ0) is 24.7. The summed E-state index contributed by atoms with van der Waals surface area (Å²) in [5.41, 5.74) is 0.667. The van der Waals surface area contributed by atoms with Crippen LogP contribution in [-0.2, 0) is 6.54 Å². The van der Waals surface area contributed by atoms with Crippen molar-refractivity contribution in [2.45, 2.75) is 26.8 Å². The Morgan fingerprint density at radius 1 is 1.03 bits per heavy atom. The van der Waals surface area contributed by atoms with E-state index in [2.05, 4.69) is 29.0 Å². The number of methoxy groups -OCH3 is 2. The Kier molecular flexibility index (Phi) is 8.48. The van der Waals surface area contributed by atoms with Gasteiger partial charge in [0.05, 0.1) is 31.7 Å². The van der Waals surface area contributed by atoms with Crippen molar-refractivity contribution < 1.29 is 14.3 Å². The van der Waals surface area contributed by atoms with Crippen molar-refractivity contribution in [2.24, 2.45) is 0 Å². The first kappa shape index (κ1) is 25.0. The molecule has 3 aromatic rings. The first-order valence-corrected chi connectivity index (χ1v) is 11.4. The Morgan fingerprint density at radius 3 is 2.29 bits per heavy atom. The molecule has 0 aliphatic carbocycles. The number of hydrogen-bond donors (Lipinski definition) is 2. The summed E-state index contributed by atoms with van der Waals surface area (Å²) >= 11 is 0. The maximum absolute atomic E-state index is 13.0. The van der Waals surface area contributed by atoms with E-state index in [-0.39, 0.29) is 12.5 Å². The lowest BCUT2D eigenvalue weighted by Crippen LogP contribution is -2.35. The molecule has 1 aromatic heterocycles. The molecule has 0 saturated heterocycles. The van der Waals surface area contributed by atoms with Gasteiger partial charge >= 0.3 is 5.69 Å². The van der Waals surface area contributed by atoms with Crippen LogP contribution >= 0.6 is 0 Å². The van der Waals surface area contributed by atoms with Gasteiger partial charge in [-0.3, -0.25) is 14.2 Å². The number of amides is 1. The largest absolute Gasteiger partial charge is 0.493 e. The van der Waals surface area contributed by atoms with E-state index in [9.17, 15) is 14.4 Å². The molecule has 9 nitrogen and oxygen atoms in total. The maximum Gasteiger partial charge on any atom is 0.329 e. The van der Waals surface area contributed by atoms with Gasteiger partial charge in [-0.15, -0.1) is 0 Å². The molecular weight excluding hydrogens is 436 g/mol. The number of rotatable bonds is 11. The number of aromatic amines is 1. The summed E-state index contributed by atoms with van der Waals surface area (Å²) in [5.74, 6) is 0.677. The number of nitrogens with one attached hydrogen (secondary N) is 2. The van der Waals surface area contributed by atoms with Crippen molar-refractivity contribution in [1.82, 2.24) is 19.8 Å². The number of hydrogen-bond acceptors (Lipinski definition) is 6. The predicted molar refractivity (Wildman–Crippen MR) is 132 cm³/mol. The zero-order valence-corrected chi connectivity index (χ0v) is 20.1. The Labute approximate surface area is 198 Å². The molecule has 0 unspecified atom stereocenters. The molecule has 2 N–H and O–H groups in total. The molecule has 2 aromatic carbocycles. The van der Waals surface area contributed by atoms with Gasteiger partial charge in [-0.05, 0) is 49.8 Å². The number of aromatic nitrogens is 2. The average molecular weight is 469 g/mol. The Morgan fingerprint density at radius 2 is 1.68 bits per heavy atom. The van der Waals surface area contributed by atoms with Gasteiger partial charge in [0.25, 0.3) is 11.5 Å². The number of ether oxygens (including phenoxy) is 2. The summed E-state index contributed by atoms with van der Waals surface area (Å²) in [6, 6.07) is 10.0. The van der Waals surface area contributed by atoms with E-state index >= 15 is 0 Å². The second kappa shape index (κ2) is 11.5. The third-order valence-corrected chi connectivity index (χ3v) is 5.87. The number of H-pyrrole nitrogens is 1. The summed E-state index contributed by atoms with van der Waals surface area (Å²) in [7, 11) is 2.97. The van der Waals surface area contributed by atoms with E-state index in [0.29, 0.717) is 34.5 Å². The molecule has 0 fully saturated rings. The lowest BCUT2D eigenvalue weighted by atomic mass is 10.1. The minimum absolute atomic E-state index is 0.0736. The second-order valence-electron chi connectivity index (χ2n) is 7.91. The van der Waals surface area contributed by atoms with Gasteiger partial charge in [0, 0.05) is 18.2 Å². The number of benzene rings is 2. The molecule has 0 saturated carbocycles. The SMILES string of the molecule is CCN(CC)CCCNC(=O)c1ccc(Cn2c(=O)[nH]c3cc(OC)c(OC)cc3c2=O)cc1. The first-order chi connectivity index (χ1) is 16.4. The normalized spacial score (nSPS) is 11.1. The van der Waals surface area contributed by atoms with Crippen molar-refractivity contribution in [3.05, 3.63) is 68.4 Å². The van der Waals surface area contributed by atoms with Gasteiger partial charge < -0.3 is 24.7 Å². The van der Waals surface area contributed by atoms with Crippen LogP contribution in [0, 0.1) is 0 Å². The topological polar surface area (TPSA) is 106 Å². The third kappa shape index (κ3) is 5.66. The molecule has 0 aliphatic heterocycles. The summed E-state index contributed by atoms with van der Waals surface area (Å²) in [4.78, 5) is 43.0. The molecule has 182 valence electrons. The molecule has 1 amide bonds. The summed E-state index contributed by atoms with van der Waals surface area (Å²) in [6.45, 7) is 7.86. The van der Waals surface area contributed by atoms with E-state index < -0.39 is 11.2 Å². The number of fused-ring (bicyclic) bond motifs is 1. The lowest BCUT2D eigenvalue weighted by molar-refractivity contribution is 0.0952. The molecule has 0 atom stereocenters. The molecule has 0 spiro atoms. The number of carbonyl (C=O) groups excluding carboxylic acids is 1. The average Bonchev–Trinajstić information content (AvgIpc) is 2.86. The molecule has 9 heteroatoms. The fourth-order valence-corrected chi connectivity index (χ4v) is 3.81. The Hall–Kier alpha value is -3.59. The molecule has 0 aliphatic rings. The fourth-order valence-electron chi connectivity index (χ4n) is 3.81. The molecular formula is C25H32N4O5. The van der Waals surface area contributed by atoms with Crippen LogP contribution in [0.25, 0.3) is 10.9 Å². The first-order valence-electron chi connectivity index (χ1n) is 11.4. The minimum atomic E-state index is -0.528. The molecule has 3 rings (SSSR count). The van der Waals surface area contributed by atoms with Crippen LogP contribution in [0.2, 0.25) is 0 Å². The molecule has 0 bridgehead atoms. The van der Waals surface area contributed by atoms with E-state index in [1.54, 1.807) is 36.4 Å². The lowest BCUT2D eigenvalue weighted by Gasteiger charge is -2.17. The van der Waals surface area contributed by atoms with Crippen LogP contribution in [0.3, 0.4) is 0 Å². The van der Waals surface area contributed by atoms with Crippen molar-refractivity contribution >= 4 is 16.8 Å². The number of carbonyl (C=O) groups is 1. The Balaban J connectivity index is 1.72. The molecule has 1 heterocycles. The van der Waals surface area contributed by atoms with Crippen LogP contribution in [0.5, 0.6) is 11.5 Å². The van der Waals surface area contributed by atoms with Crippen molar-refractivity contribution in [1.29, 1.82) is 0 Å². The van der Waals surface area contributed by atoms with E-state index in [1.165, 1.54) is 14.2 Å². The highest BCUT2D eigenvalue weighted by atomic mass is 16.5. The summed E-state index contributed by atoms with van der Waals surface area (Å²) < 4.78 is 11.6. The van der Waals surface area contributed by atoms with E-state index in [0.717, 1.165) is 36.2 Å². The van der Waals surface area contributed by atoms with E-state index in [4.69, 9.17) is 9.47 Å². The predicted octanol–water partition coefficient (Wildman–Crippen LogP) is 2.22.